The maximum atomic E-state index is 12.5. The molecular formula is C22H23N3O3. The van der Waals surface area contributed by atoms with Crippen molar-refractivity contribution in [3.8, 4) is 0 Å². The first-order chi connectivity index (χ1) is 13.6. The van der Waals surface area contributed by atoms with Gasteiger partial charge in [0.1, 0.15) is 0 Å². The fourth-order valence-corrected chi connectivity index (χ4v) is 3.12. The van der Waals surface area contributed by atoms with Crippen molar-refractivity contribution in [2.24, 2.45) is 0 Å². The normalized spacial score (nSPS) is 13.1. The summed E-state index contributed by atoms with van der Waals surface area (Å²) in [5.41, 5.74) is 7.63. The van der Waals surface area contributed by atoms with E-state index in [9.17, 15) is 14.4 Å². The highest BCUT2D eigenvalue weighted by molar-refractivity contribution is 5.97. The number of anilines is 1. The van der Waals surface area contributed by atoms with Crippen LogP contribution < -0.4 is 15.8 Å². The first-order valence-electron chi connectivity index (χ1n) is 9.34. The molecule has 1 aliphatic rings. The summed E-state index contributed by atoms with van der Waals surface area (Å²) in [4.78, 5) is 37.9. The largest absolute Gasteiger partial charge is 0.312 e. The molecule has 0 saturated heterocycles. The van der Waals surface area contributed by atoms with E-state index >= 15 is 0 Å². The lowest BCUT2D eigenvalue weighted by Crippen LogP contribution is -2.41. The molecule has 0 bridgehead atoms. The van der Waals surface area contributed by atoms with Crippen LogP contribution in [0.1, 0.15) is 30.4 Å². The number of carbonyl (C=O) groups excluding carboxylic acids is 3. The summed E-state index contributed by atoms with van der Waals surface area (Å²) in [6, 6.07) is 17.2. The summed E-state index contributed by atoms with van der Waals surface area (Å²) in [5, 5.41) is 0. The molecule has 0 radical (unpaired) electrons. The first kappa shape index (κ1) is 19.4. The van der Waals surface area contributed by atoms with Crippen LogP contribution >= 0.6 is 0 Å². The van der Waals surface area contributed by atoms with E-state index in [0.717, 1.165) is 29.7 Å². The number of aryl methyl sites for hydroxylation is 1. The molecule has 3 rings (SSSR count). The van der Waals surface area contributed by atoms with Crippen molar-refractivity contribution in [3.63, 3.8) is 0 Å². The zero-order valence-corrected chi connectivity index (χ0v) is 15.6. The van der Waals surface area contributed by atoms with Gasteiger partial charge < -0.3 is 4.90 Å². The Morgan fingerprint density at radius 2 is 1.68 bits per heavy atom. The van der Waals surface area contributed by atoms with E-state index < -0.39 is 11.8 Å². The van der Waals surface area contributed by atoms with Crippen molar-refractivity contribution in [2.45, 2.75) is 25.7 Å². The minimum absolute atomic E-state index is 0.0141. The average Bonchev–Trinajstić information content (AvgIpc) is 2.74. The zero-order chi connectivity index (χ0) is 19.8. The highest BCUT2D eigenvalue weighted by atomic mass is 16.2. The fourth-order valence-electron chi connectivity index (χ4n) is 3.12. The number of nitrogens with one attached hydrogen (secondary N) is 2. The van der Waals surface area contributed by atoms with Gasteiger partial charge in [-0.25, -0.2) is 0 Å². The zero-order valence-electron chi connectivity index (χ0n) is 15.6. The van der Waals surface area contributed by atoms with Crippen LogP contribution in [0.25, 0.3) is 6.08 Å². The predicted octanol–water partition coefficient (Wildman–Crippen LogP) is 2.61. The van der Waals surface area contributed by atoms with Crippen LogP contribution in [0, 0.1) is 0 Å². The summed E-state index contributed by atoms with van der Waals surface area (Å²) < 4.78 is 0. The van der Waals surface area contributed by atoms with Crippen LogP contribution in [0.5, 0.6) is 0 Å². The van der Waals surface area contributed by atoms with E-state index in [1.165, 1.54) is 6.08 Å². The molecule has 0 atom stereocenters. The molecular weight excluding hydrogens is 354 g/mol. The Hall–Kier alpha value is -3.41. The molecule has 0 spiro atoms. The minimum atomic E-state index is -0.437. The van der Waals surface area contributed by atoms with Crippen LogP contribution in [0.3, 0.4) is 0 Å². The Balaban J connectivity index is 1.43. The van der Waals surface area contributed by atoms with Crippen molar-refractivity contribution >= 4 is 29.5 Å². The van der Waals surface area contributed by atoms with Crippen molar-refractivity contribution in [1.82, 2.24) is 10.9 Å². The SMILES string of the molecule is O=C(C=Cc1ccccc1)NNC(=O)CCC(=O)N1CCCc2ccccc21. The third-order valence-corrected chi connectivity index (χ3v) is 4.53. The van der Waals surface area contributed by atoms with Crippen molar-refractivity contribution < 1.29 is 14.4 Å². The molecule has 2 N–H and O–H groups in total. The third-order valence-electron chi connectivity index (χ3n) is 4.53. The lowest BCUT2D eigenvalue weighted by Gasteiger charge is -2.29. The van der Waals surface area contributed by atoms with Gasteiger partial charge in [-0.05, 0) is 36.1 Å². The van der Waals surface area contributed by atoms with E-state index in [1.807, 2.05) is 54.6 Å². The molecule has 2 aromatic rings. The van der Waals surface area contributed by atoms with E-state index in [4.69, 9.17) is 0 Å². The van der Waals surface area contributed by atoms with Gasteiger partial charge in [0.15, 0.2) is 0 Å². The van der Waals surface area contributed by atoms with Crippen LogP contribution in [0.15, 0.2) is 60.7 Å². The molecule has 2 aromatic carbocycles. The minimum Gasteiger partial charge on any atom is -0.312 e. The second-order valence-corrected chi connectivity index (χ2v) is 6.56. The molecule has 0 aliphatic carbocycles. The molecule has 0 unspecified atom stereocenters. The number of para-hydroxylation sites is 1. The van der Waals surface area contributed by atoms with Gasteiger partial charge >= 0.3 is 0 Å². The third kappa shape index (κ3) is 5.30. The topological polar surface area (TPSA) is 78.5 Å². The number of hydrogen-bond donors (Lipinski definition) is 2. The number of fused-ring (bicyclic) bond motifs is 1. The maximum Gasteiger partial charge on any atom is 0.262 e. The summed E-state index contributed by atoms with van der Waals surface area (Å²) in [5.74, 6) is -0.925. The summed E-state index contributed by atoms with van der Waals surface area (Å²) >= 11 is 0. The monoisotopic (exact) mass is 377 g/mol. The van der Waals surface area contributed by atoms with E-state index in [1.54, 1.807) is 11.0 Å². The molecule has 0 saturated carbocycles. The lowest BCUT2D eigenvalue weighted by molar-refractivity contribution is -0.128. The Morgan fingerprint density at radius 3 is 2.50 bits per heavy atom. The summed E-state index contributed by atoms with van der Waals surface area (Å²) in [6.45, 7) is 0.665. The van der Waals surface area contributed by atoms with E-state index in [-0.39, 0.29) is 18.7 Å². The van der Waals surface area contributed by atoms with E-state index in [0.29, 0.717) is 6.54 Å². The molecule has 1 heterocycles. The summed E-state index contributed by atoms with van der Waals surface area (Å²) in [7, 11) is 0. The number of nitrogens with zero attached hydrogens (tertiary/aromatic N) is 1. The first-order valence-corrected chi connectivity index (χ1v) is 9.34. The Morgan fingerprint density at radius 1 is 0.929 bits per heavy atom. The fraction of sp³-hybridized carbons (Fsp3) is 0.227. The summed E-state index contributed by atoms with van der Waals surface area (Å²) in [6.07, 6.45) is 4.97. The van der Waals surface area contributed by atoms with Crippen LogP contribution in [-0.2, 0) is 20.8 Å². The number of rotatable bonds is 5. The predicted molar refractivity (Wildman–Crippen MR) is 108 cm³/mol. The molecule has 1 aliphatic heterocycles. The number of amides is 3. The van der Waals surface area contributed by atoms with Crippen molar-refractivity contribution in [3.05, 3.63) is 71.8 Å². The van der Waals surface area contributed by atoms with Gasteiger partial charge in [-0.2, -0.15) is 0 Å². The number of hydrogen-bond acceptors (Lipinski definition) is 3. The number of benzene rings is 2. The van der Waals surface area contributed by atoms with Gasteiger partial charge in [0, 0.05) is 31.1 Å². The Labute approximate surface area is 164 Å². The quantitative estimate of drug-likeness (QED) is 0.621. The molecule has 0 aromatic heterocycles. The lowest BCUT2D eigenvalue weighted by atomic mass is 10.0. The smallest absolute Gasteiger partial charge is 0.262 e. The van der Waals surface area contributed by atoms with Gasteiger partial charge in [-0.15, -0.1) is 0 Å². The molecule has 6 nitrogen and oxygen atoms in total. The number of hydrazine groups is 1. The van der Waals surface area contributed by atoms with Gasteiger partial charge in [0.25, 0.3) is 5.91 Å². The van der Waals surface area contributed by atoms with Crippen molar-refractivity contribution in [2.75, 3.05) is 11.4 Å². The second-order valence-electron chi connectivity index (χ2n) is 6.56. The van der Waals surface area contributed by atoms with Crippen molar-refractivity contribution in [1.29, 1.82) is 0 Å². The highest BCUT2D eigenvalue weighted by Crippen LogP contribution is 2.27. The van der Waals surface area contributed by atoms with Gasteiger partial charge in [-0.1, -0.05) is 48.5 Å². The van der Waals surface area contributed by atoms with Crippen LogP contribution in [-0.4, -0.2) is 24.3 Å². The van der Waals surface area contributed by atoms with Gasteiger partial charge in [-0.3, -0.25) is 25.2 Å². The molecule has 0 fully saturated rings. The second kappa shape index (κ2) is 9.50. The molecule has 6 heteroatoms. The standard InChI is InChI=1S/C22H23N3O3/c26-20(13-12-17-7-2-1-3-8-17)23-24-21(27)14-15-22(28)25-16-6-10-18-9-4-5-11-19(18)25/h1-5,7-9,11-13H,6,10,14-16H2,(H,23,26)(H,24,27). The molecule has 3 amide bonds. The number of carbonyl (C=O) groups is 3. The average molecular weight is 377 g/mol. The van der Waals surface area contributed by atoms with Gasteiger partial charge in [0.2, 0.25) is 11.8 Å². The Kier molecular flexibility index (Phi) is 6.57. The maximum absolute atomic E-state index is 12.5. The van der Waals surface area contributed by atoms with Gasteiger partial charge in [0.05, 0.1) is 0 Å². The molecule has 28 heavy (non-hydrogen) atoms. The van der Waals surface area contributed by atoms with E-state index in [2.05, 4.69) is 10.9 Å². The highest BCUT2D eigenvalue weighted by Gasteiger charge is 2.22. The molecule has 144 valence electrons. The Bertz CT molecular complexity index is 878. The van der Waals surface area contributed by atoms with Crippen LogP contribution in [0.2, 0.25) is 0 Å². The van der Waals surface area contributed by atoms with Crippen LogP contribution in [0.4, 0.5) is 5.69 Å².